The highest BCUT2D eigenvalue weighted by Gasteiger charge is 2.18. The zero-order valence-corrected chi connectivity index (χ0v) is 8.13. The van der Waals surface area contributed by atoms with E-state index in [1.165, 1.54) is 5.56 Å². The number of aliphatic hydroxyl groups excluding tert-OH is 1. The molecule has 0 fully saturated rings. The standard InChI is InChI=1S/C9H10BrNO/c10-7-1-2-9-6(3-7)4-8(5-12)11-9/h1-3,8,11-12H,4-5H2. The van der Waals surface area contributed by atoms with E-state index in [-0.39, 0.29) is 12.6 Å². The fourth-order valence-corrected chi connectivity index (χ4v) is 1.93. The number of hydrogen-bond acceptors (Lipinski definition) is 2. The molecule has 2 rings (SSSR count). The molecule has 1 aromatic rings. The molecule has 1 atom stereocenters. The molecule has 1 aliphatic rings. The lowest BCUT2D eigenvalue weighted by Gasteiger charge is -2.04. The van der Waals surface area contributed by atoms with Crippen molar-refractivity contribution in [2.75, 3.05) is 11.9 Å². The third kappa shape index (κ3) is 1.34. The number of aliphatic hydroxyl groups is 1. The second-order valence-electron chi connectivity index (χ2n) is 3.03. The highest BCUT2D eigenvalue weighted by atomic mass is 79.9. The van der Waals surface area contributed by atoms with Crippen LogP contribution in [0.1, 0.15) is 5.56 Å². The summed E-state index contributed by atoms with van der Waals surface area (Å²) in [6.45, 7) is 0.201. The SMILES string of the molecule is OCC1Cc2cc(Br)ccc2N1. The molecule has 1 aliphatic heterocycles. The van der Waals surface area contributed by atoms with Crippen LogP contribution in [0.4, 0.5) is 5.69 Å². The van der Waals surface area contributed by atoms with Crippen LogP contribution in [0.3, 0.4) is 0 Å². The van der Waals surface area contributed by atoms with Crippen molar-refractivity contribution in [3.8, 4) is 0 Å². The molecule has 1 unspecified atom stereocenters. The first-order chi connectivity index (χ1) is 5.79. The van der Waals surface area contributed by atoms with E-state index in [9.17, 15) is 0 Å². The molecule has 1 heterocycles. The third-order valence-corrected chi connectivity index (χ3v) is 2.61. The van der Waals surface area contributed by atoms with Gasteiger partial charge in [-0.3, -0.25) is 0 Å². The van der Waals surface area contributed by atoms with Crippen molar-refractivity contribution in [1.82, 2.24) is 0 Å². The summed E-state index contributed by atoms with van der Waals surface area (Å²) in [5.74, 6) is 0. The lowest BCUT2D eigenvalue weighted by atomic mass is 10.1. The summed E-state index contributed by atoms with van der Waals surface area (Å²) < 4.78 is 1.10. The highest BCUT2D eigenvalue weighted by Crippen LogP contribution is 2.28. The van der Waals surface area contributed by atoms with Crippen molar-refractivity contribution < 1.29 is 5.11 Å². The summed E-state index contributed by atoms with van der Waals surface area (Å²) in [4.78, 5) is 0. The van der Waals surface area contributed by atoms with Gasteiger partial charge in [0, 0.05) is 10.2 Å². The number of benzene rings is 1. The first kappa shape index (κ1) is 8.08. The molecule has 12 heavy (non-hydrogen) atoms. The van der Waals surface area contributed by atoms with Gasteiger partial charge in [-0.05, 0) is 30.2 Å². The van der Waals surface area contributed by atoms with Gasteiger partial charge in [-0.25, -0.2) is 0 Å². The maximum absolute atomic E-state index is 8.93. The Morgan fingerprint density at radius 1 is 1.58 bits per heavy atom. The molecule has 0 bridgehead atoms. The Bertz CT molecular complexity index is 301. The van der Waals surface area contributed by atoms with Crippen LogP contribution in [0.2, 0.25) is 0 Å². The molecule has 0 spiro atoms. The van der Waals surface area contributed by atoms with Crippen LogP contribution in [-0.2, 0) is 6.42 Å². The molecule has 0 saturated carbocycles. The summed E-state index contributed by atoms with van der Waals surface area (Å²) in [7, 11) is 0. The zero-order chi connectivity index (χ0) is 8.55. The van der Waals surface area contributed by atoms with Gasteiger partial charge in [0.1, 0.15) is 0 Å². The summed E-state index contributed by atoms with van der Waals surface area (Å²) in [6.07, 6.45) is 0.922. The lowest BCUT2D eigenvalue weighted by molar-refractivity contribution is 0.277. The van der Waals surface area contributed by atoms with Crippen molar-refractivity contribution in [2.24, 2.45) is 0 Å². The Morgan fingerprint density at radius 2 is 2.42 bits per heavy atom. The van der Waals surface area contributed by atoms with Gasteiger partial charge >= 0.3 is 0 Å². The quantitative estimate of drug-likeness (QED) is 0.767. The largest absolute Gasteiger partial charge is 0.394 e. The Labute approximate surface area is 79.7 Å². The van der Waals surface area contributed by atoms with E-state index in [1.807, 2.05) is 12.1 Å². The molecule has 2 N–H and O–H groups in total. The fraction of sp³-hybridized carbons (Fsp3) is 0.333. The number of fused-ring (bicyclic) bond motifs is 1. The van der Waals surface area contributed by atoms with E-state index in [0.717, 1.165) is 16.6 Å². The summed E-state index contributed by atoms with van der Waals surface area (Å²) >= 11 is 3.42. The Hall–Kier alpha value is -0.540. The van der Waals surface area contributed by atoms with Gasteiger partial charge in [0.25, 0.3) is 0 Å². The minimum absolute atomic E-state index is 0.201. The first-order valence-corrected chi connectivity index (χ1v) is 4.74. The maximum Gasteiger partial charge on any atom is 0.0636 e. The van der Waals surface area contributed by atoms with Gasteiger partial charge < -0.3 is 10.4 Å². The summed E-state index contributed by atoms with van der Waals surface area (Å²) in [5, 5.41) is 12.2. The molecular formula is C9H10BrNO. The second-order valence-corrected chi connectivity index (χ2v) is 3.95. The van der Waals surface area contributed by atoms with Gasteiger partial charge in [0.05, 0.1) is 12.6 Å². The molecule has 3 heteroatoms. The molecule has 0 saturated heterocycles. The van der Waals surface area contributed by atoms with Crippen LogP contribution in [0.25, 0.3) is 0 Å². The minimum atomic E-state index is 0.201. The number of anilines is 1. The van der Waals surface area contributed by atoms with E-state index < -0.39 is 0 Å². The smallest absolute Gasteiger partial charge is 0.0636 e. The van der Waals surface area contributed by atoms with Crippen LogP contribution in [0.15, 0.2) is 22.7 Å². The second kappa shape index (κ2) is 3.07. The van der Waals surface area contributed by atoms with Crippen LogP contribution in [0, 0.1) is 0 Å². The number of halogens is 1. The average Bonchev–Trinajstić information content (AvgIpc) is 2.46. The monoisotopic (exact) mass is 227 g/mol. The van der Waals surface area contributed by atoms with Crippen LogP contribution in [0.5, 0.6) is 0 Å². The Morgan fingerprint density at radius 3 is 3.17 bits per heavy atom. The Balaban J connectivity index is 2.30. The molecular weight excluding hydrogens is 218 g/mol. The van der Waals surface area contributed by atoms with E-state index >= 15 is 0 Å². The molecule has 2 nitrogen and oxygen atoms in total. The fourth-order valence-electron chi connectivity index (χ4n) is 1.52. The van der Waals surface area contributed by atoms with Crippen LogP contribution >= 0.6 is 15.9 Å². The molecule has 1 aromatic carbocycles. The summed E-state index contributed by atoms with van der Waals surface area (Å²) in [5.41, 5.74) is 2.43. The molecule has 64 valence electrons. The van der Waals surface area contributed by atoms with Crippen molar-refractivity contribution in [3.05, 3.63) is 28.2 Å². The maximum atomic E-state index is 8.93. The number of rotatable bonds is 1. The number of hydrogen-bond donors (Lipinski definition) is 2. The third-order valence-electron chi connectivity index (χ3n) is 2.11. The van der Waals surface area contributed by atoms with Gasteiger partial charge in [-0.15, -0.1) is 0 Å². The highest BCUT2D eigenvalue weighted by molar-refractivity contribution is 9.10. The minimum Gasteiger partial charge on any atom is -0.394 e. The van der Waals surface area contributed by atoms with Gasteiger partial charge in [-0.1, -0.05) is 15.9 Å². The lowest BCUT2D eigenvalue weighted by Crippen LogP contribution is -2.19. The molecule has 0 aliphatic carbocycles. The van der Waals surface area contributed by atoms with E-state index in [0.29, 0.717) is 0 Å². The van der Waals surface area contributed by atoms with Gasteiger partial charge in [-0.2, -0.15) is 0 Å². The van der Waals surface area contributed by atoms with E-state index in [4.69, 9.17) is 5.11 Å². The Kier molecular flexibility index (Phi) is 2.07. The van der Waals surface area contributed by atoms with Crippen molar-refractivity contribution in [2.45, 2.75) is 12.5 Å². The summed E-state index contributed by atoms with van der Waals surface area (Å²) in [6, 6.07) is 6.34. The normalized spacial score (nSPS) is 20.3. The van der Waals surface area contributed by atoms with Crippen molar-refractivity contribution >= 4 is 21.6 Å². The number of nitrogens with one attached hydrogen (secondary N) is 1. The molecule has 0 radical (unpaired) electrons. The van der Waals surface area contributed by atoms with Crippen LogP contribution < -0.4 is 5.32 Å². The van der Waals surface area contributed by atoms with Crippen molar-refractivity contribution in [3.63, 3.8) is 0 Å². The molecule has 0 aromatic heterocycles. The van der Waals surface area contributed by atoms with Crippen LogP contribution in [-0.4, -0.2) is 17.8 Å². The van der Waals surface area contributed by atoms with E-state index in [1.54, 1.807) is 0 Å². The van der Waals surface area contributed by atoms with E-state index in [2.05, 4.69) is 27.3 Å². The van der Waals surface area contributed by atoms with Crippen molar-refractivity contribution in [1.29, 1.82) is 0 Å². The predicted molar refractivity (Wildman–Crippen MR) is 52.3 cm³/mol. The average molecular weight is 228 g/mol. The van der Waals surface area contributed by atoms with Gasteiger partial charge in [0.15, 0.2) is 0 Å². The zero-order valence-electron chi connectivity index (χ0n) is 6.55. The van der Waals surface area contributed by atoms with Gasteiger partial charge in [0.2, 0.25) is 0 Å². The topological polar surface area (TPSA) is 32.3 Å². The predicted octanol–water partition coefficient (Wildman–Crippen LogP) is 1.78. The molecule has 0 amide bonds. The first-order valence-electron chi connectivity index (χ1n) is 3.95.